The Balaban J connectivity index is 0.000000285. The average Bonchev–Trinajstić information content (AvgIpc) is 3.18. The van der Waals surface area contributed by atoms with Crippen molar-refractivity contribution >= 4 is 10.1 Å². The number of hydrogen-bond acceptors (Lipinski definition) is 10. The third kappa shape index (κ3) is 6.21. The molecule has 0 radical (unpaired) electrons. The zero-order valence-corrected chi connectivity index (χ0v) is 18.8. The van der Waals surface area contributed by atoms with E-state index >= 15 is 0 Å². The van der Waals surface area contributed by atoms with Crippen LogP contribution in [-0.4, -0.2) is 85.7 Å². The first-order valence-electron chi connectivity index (χ1n) is 10.0. The lowest BCUT2D eigenvalue weighted by molar-refractivity contribution is -0.142. The maximum absolute atomic E-state index is 12.4. The maximum atomic E-state index is 12.4. The summed E-state index contributed by atoms with van der Waals surface area (Å²) < 4.78 is 45.6. The molecule has 11 heteroatoms. The highest BCUT2D eigenvalue weighted by atomic mass is 32.2. The first-order chi connectivity index (χ1) is 14.5. The van der Waals surface area contributed by atoms with Crippen LogP contribution in [0.1, 0.15) is 25.8 Å². The Kier molecular flexibility index (Phi) is 9.37. The largest absolute Gasteiger partial charge is 0.394 e. The predicted molar refractivity (Wildman–Crippen MR) is 108 cm³/mol. The first-order valence-corrected chi connectivity index (χ1v) is 11.4. The van der Waals surface area contributed by atoms with Crippen LogP contribution in [0.25, 0.3) is 0 Å². The first kappa shape index (κ1) is 26.1. The van der Waals surface area contributed by atoms with E-state index in [-0.39, 0.29) is 16.9 Å². The minimum atomic E-state index is -3.83. The summed E-state index contributed by atoms with van der Waals surface area (Å²) in [7, 11) is -2.34. The Hall–Kier alpha value is -1.15. The molecule has 2 saturated heterocycles. The molecule has 0 spiro atoms. The fourth-order valence-electron chi connectivity index (χ4n) is 3.41. The van der Waals surface area contributed by atoms with Crippen LogP contribution in [-0.2, 0) is 28.5 Å². The van der Waals surface area contributed by atoms with Crippen molar-refractivity contribution in [1.82, 2.24) is 0 Å². The Labute approximate surface area is 182 Å². The molecule has 178 valence electrons. The van der Waals surface area contributed by atoms with Gasteiger partial charge in [-0.2, -0.15) is 8.42 Å². The number of ether oxygens (including phenoxy) is 3. The van der Waals surface area contributed by atoms with Crippen LogP contribution in [0, 0.1) is 12.8 Å². The number of aliphatic hydroxyl groups is 4. The van der Waals surface area contributed by atoms with E-state index in [0.717, 1.165) is 12.0 Å². The van der Waals surface area contributed by atoms with Gasteiger partial charge in [-0.15, -0.1) is 0 Å². The van der Waals surface area contributed by atoms with Crippen LogP contribution in [0.3, 0.4) is 0 Å². The van der Waals surface area contributed by atoms with Crippen LogP contribution in [0.2, 0.25) is 0 Å². The molecule has 0 saturated carbocycles. The van der Waals surface area contributed by atoms with Crippen molar-refractivity contribution in [2.45, 2.75) is 75.2 Å². The Morgan fingerprint density at radius 1 is 1.03 bits per heavy atom. The Morgan fingerprint density at radius 3 is 2.06 bits per heavy atom. The van der Waals surface area contributed by atoms with Gasteiger partial charge in [0.25, 0.3) is 10.1 Å². The van der Waals surface area contributed by atoms with Crippen molar-refractivity contribution in [1.29, 1.82) is 0 Å². The summed E-state index contributed by atoms with van der Waals surface area (Å²) in [4.78, 5) is 0.148. The second-order valence-corrected chi connectivity index (χ2v) is 9.17. The van der Waals surface area contributed by atoms with Gasteiger partial charge in [0, 0.05) is 13.0 Å². The van der Waals surface area contributed by atoms with E-state index in [1.165, 1.54) is 7.11 Å². The normalized spacial score (nSPS) is 35.6. The maximum Gasteiger partial charge on any atom is 0.297 e. The predicted octanol–water partition coefficient (Wildman–Crippen LogP) is -0.0960. The van der Waals surface area contributed by atoms with Crippen molar-refractivity contribution in [2.24, 2.45) is 5.92 Å². The molecular formula is C20H32O10S. The highest BCUT2D eigenvalue weighted by molar-refractivity contribution is 7.86. The fourth-order valence-corrected chi connectivity index (χ4v) is 4.55. The van der Waals surface area contributed by atoms with Gasteiger partial charge >= 0.3 is 0 Å². The smallest absolute Gasteiger partial charge is 0.297 e. The molecule has 4 N–H and O–H groups in total. The lowest BCUT2D eigenvalue weighted by Crippen LogP contribution is -2.33. The topological polar surface area (TPSA) is 152 Å². The van der Waals surface area contributed by atoms with Crippen LogP contribution >= 0.6 is 0 Å². The minimum absolute atomic E-state index is 0.0554. The number of methoxy groups -OCH3 is 1. The van der Waals surface area contributed by atoms with E-state index in [1.807, 2.05) is 20.8 Å². The number of aliphatic hydroxyl groups excluding tert-OH is 4. The van der Waals surface area contributed by atoms with E-state index in [0.29, 0.717) is 0 Å². The molecule has 31 heavy (non-hydrogen) atoms. The van der Waals surface area contributed by atoms with Crippen LogP contribution in [0.4, 0.5) is 0 Å². The van der Waals surface area contributed by atoms with Gasteiger partial charge in [0.1, 0.15) is 24.4 Å². The van der Waals surface area contributed by atoms with Gasteiger partial charge in [-0.25, -0.2) is 0 Å². The second kappa shape index (κ2) is 11.1. The molecule has 0 bridgehead atoms. The van der Waals surface area contributed by atoms with Crippen molar-refractivity contribution in [3.8, 4) is 0 Å². The fraction of sp³-hybridized carbons (Fsp3) is 0.700. The van der Waals surface area contributed by atoms with E-state index in [1.54, 1.807) is 24.3 Å². The Morgan fingerprint density at radius 2 is 1.65 bits per heavy atom. The summed E-state index contributed by atoms with van der Waals surface area (Å²) in [5.74, 6) is -0.0554. The molecule has 8 atom stereocenters. The average molecular weight is 465 g/mol. The zero-order valence-electron chi connectivity index (χ0n) is 18.0. The number of aryl methyl sites for hydroxylation is 1. The second-order valence-electron chi connectivity index (χ2n) is 7.60. The van der Waals surface area contributed by atoms with E-state index in [4.69, 9.17) is 34.1 Å². The van der Waals surface area contributed by atoms with Gasteiger partial charge in [0.15, 0.2) is 12.6 Å². The summed E-state index contributed by atoms with van der Waals surface area (Å²) in [5.41, 5.74) is 0.993. The quantitative estimate of drug-likeness (QED) is 0.420. The van der Waals surface area contributed by atoms with E-state index in [9.17, 15) is 8.42 Å². The molecule has 0 aliphatic carbocycles. The third-order valence-electron chi connectivity index (χ3n) is 5.38. The molecule has 3 rings (SSSR count). The molecule has 0 amide bonds. The van der Waals surface area contributed by atoms with Gasteiger partial charge in [0.05, 0.1) is 17.6 Å². The monoisotopic (exact) mass is 464 g/mol. The standard InChI is InChI=1S/C15H22O5S.C5H10O5/c1-5-13-11(3)14(15(18-4)19-13)20-21(16,17)12-8-6-10(2)7-9-12;6-1-2-3(7)4(8)5(9)10-2/h6-9,11,13-15H,5H2,1-4H3;2-9H,1H2/t11-,13+,14+,15?;2-,3+,4-,5?/m01/s1. The lowest BCUT2D eigenvalue weighted by Gasteiger charge is -2.20. The number of hydrogen-bond donors (Lipinski definition) is 4. The summed E-state index contributed by atoms with van der Waals surface area (Å²) >= 11 is 0. The van der Waals surface area contributed by atoms with Crippen molar-refractivity contribution < 1.29 is 47.2 Å². The van der Waals surface area contributed by atoms with Gasteiger partial charge in [-0.05, 0) is 25.5 Å². The summed E-state index contributed by atoms with van der Waals surface area (Å²) in [6, 6.07) is 6.58. The lowest BCUT2D eigenvalue weighted by atomic mass is 9.99. The van der Waals surface area contributed by atoms with Gasteiger partial charge in [-0.1, -0.05) is 31.5 Å². The summed E-state index contributed by atoms with van der Waals surface area (Å²) in [6.45, 7) is 5.40. The summed E-state index contributed by atoms with van der Waals surface area (Å²) in [5, 5.41) is 35.0. The molecular weight excluding hydrogens is 432 g/mol. The zero-order chi connectivity index (χ0) is 23.3. The van der Waals surface area contributed by atoms with E-state index < -0.39 is 53.7 Å². The van der Waals surface area contributed by atoms with Crippen LogP contribution < -0.4 is 0 Å². The van der Waals surface area contributed by atoms with Crippen LogP contribution in [0.5, 0.6) is 0 Å². The van der Waals surface area contributed by atoms with E-state index in [2.05, 4.69) is 4.74 Å². The number of rotatable bonds is 6. The van der Waals surface area contributed by atoms with Crippen molar-refractivity contribution in [3.05, 3.63) is 29.8 Å². The molecule has 2 unspecified atom stereocenters. The molecule has 1 aromatic rings. The van der Waals surface area contributed by atoms with Gasteiger partial charge in [-0.3, -0.25) is 4.18 Å². The minimum Gasteiger partial charge on any atom is -0.394 e. The van der Waals surface area contributed by atoms with Gasteiger partial charge in [0.2, 0.25) is 0 Å². The molecule has 0 aromatic heterocycles. The van der Waals surface area contributed by atoms with Crippen LogP contribution in [0.15, 0.2) is 29.2 Å². The molecule has 1 aromatic carbocycles. The third-order valence-corrected chi connectivity index (χ3v) is 6.71. The SMILES string of the molecule is CC[C@H]1OC(OC)[C@H](OS(=O)(=O)c2ccc(C)cc2)[C@H]1C.OC[C@H]1OC(O)[C@H](O)[C@H]1O. The van der Waals surface area contributed by atoms with Crippen molar-refractivity contribution in [3.63, 3.8) is 0 Å². The molecule has 2 aliphatic rings. The molecule has 2 aliphatic heterocycles. The van der Waals surface area contributed by atoms with Gasteiger partial charge < -0.3 is 34.6 Å². The highest BCUT2D eigenvalue weighted by Gasteiger charge is 2.45. The Bertz CT molecular complexity index is 782. The molecule has 10 nitrogen and oxygen atoms in total. The number of benzene rings is 1. The molecule has 2 fully saturated rings. The summed E-state index contributed by atoms with van der Waals surface area (Å²) in [6.07, 6.45) is -5.33. The van der Waals surface area contributed by atoms with Crippen molar-refractivity contribution in [2.75, 3.05) is 13.7 Å². The highest BCUT2D eigenvalue weighted by Crippen LogP contribution is 2.33. The molecule has 2 heterocycles.